The summed E-state index contributed by atoms with van der Waals surface area (Å²) in [5, 5.41) is 0. The van der Waals surface area contributed by atoms with E-state index >= 15 is 0 Å². The van der Waals surface area contributed by atoms with Crippen molar-refractivity contribution in [2.75, 3.05) is 19.8 Å². The molecule has 0 spiro atoms. The SMILES string of the molecule is CCCOCC(=O)N(CC)Cc1cccc(C)n1. The molecule has 0 saturated heterocycles. The first-order valence-electron chi connectivity index (χ1n) is 6.45. The fourth-order valence-corrected chi connectivity index (χ4v) is 1.65. The van der Waals surface area contributed by atoms with Crippen LogP contribution in [0.15, 0.2) is 18.2 Å². The van der Waals surface area contributed by atoms with Gasteiger partial charge in [0.15, 0.2) is 0 Å². The molecule has 1 amide bonds. The molecule has 18 heavy (non-hydrogen) atoms. The summed E-state index contributed by atoms with van der Waals surface area (Å²) in [5.41, 5.74) is 1.89. The van der Waals surface area contributed by atoms with E-state index < -0.39 is 0 Å². The Morgan fingerprint density at radius 3 is 2.78 bits per heavy atom. The maximum absolute atomic E-state index is 11.9. The number of carbonyl (C=O) groups excluding carboxylic acids is 1. The van der Waals surface area contributed by atoms with E-state index in [2.05, 4.69) is 4.98 Å². The van der Waals surface area contributed by atoms with Crippen molar-refractivity contribution in [1.29, 1.82) is 0 Å². The van der Waals surface area contributed by atoms with Gasteiger partial charge >= 0.3 is 0 Å². The van der Waals surface area contributed by atoms with Gasteiger partial charge in [-0.3, -0.25) is 9.78 Å². The molecule has 100 valence electrons. The zero-order valence-electron chi connectivity index (χ0n) is 11.5. The Balaban J connectivity index is 2.53. The highest BCUT2D eigenvalue weighted by molar-refractivity contribution is 5.77. The quantitative estimate of drug-likeness (QED) is 0.696. The first-order chi connectivity index (χ1) is 8.67. The number of aromatic nitrogens is 1. The molecule has 0 aliphatic heterocycles. The fourth-order valence-electron chi connectivity index (χ4n) is 1.65. The number of pyridine rings is 1. The van der Waals surface area contributed by atoms with E-state index in [1.54, 1.807) is 4.90 Å². The molecule has 0 N–H and O–H groups in total. The van der Waals surface area contributed by atoms with Crippen molar-refractivity contribution in [3.05, 3.63) is 29.6 Å². The number of carbonyl (C=O) groups is 1. The fraction of sp³-hybridized carbons (Fsp3) is 0.571. The lowest BCUT2D eigenvalue weighted by Crippen LogP contribution is -2.33. The van der Waals surface area contributed by atoms with Crippen molar-refractivity contribution >= 4 is 5.91 Å². The van der Waals surface area contributed by atoms with Gasteiger partial charge < -0.3 is 9.64 Å². The van der Waals surface area contributed by atoms with Gasteiger partial charge in [0, 0.05) is 18.8 Å². The van der Waals surface area contributed by atoms with Crippen molar-refractivity contribution in [3.8, 4) is 0 Å². The number of aryl methyl sites for hydroxylation is 1. The highest BCUT2D eigenvalue weighted by atomic mass is 16.5. The zero-order chi connectivity index (χ0) is 13.4. The van der Waals surface area contributed by atoms with Gasteiger partial charge in [-0.2, -0.15) is 0 Å². The summed E-state index contributed by atoms with van der Waals surface area (Å²) < 4.78 is 5.28. The molecule has 0 bridgehead atoms. The van der Waals surface area contributed by atoms with E-state index in [1.807, 2.05) is 39.0 Å². The topological polar surface area (TPSA) is 42.4 Å². The second kappa shape index (κ2) is 7.82. The van der Waals surface area contributed by atoms with Crippen LogP contribution in [0.1, 0.15) is 31.7 Å². The molecule has 1 aromatic heterocycles. The minimum atomic E-state index is 0.0225. The van der Waals surface area contributed by atoms with Crippen LogP contribution in [0.2, 0.25) is 0 Å². The van der Waals surface area contributed by atoms with E-state index in [0.717, 1.165) is 17.8 Å². The normalized spacial score (nSPS) is 10.4. The van der Waals surface area contributed by atoms with E-state index in [4.69, 9.17) is 4.74 Å². The Labute approximate surface area is 109 Å². The van der Waals surface area contributed by atoms with Crippen LogP contribution in [0.4, 0.5) is 0 Å². The largest absolute Gasteiger partial charge is 0.372 e. The molecule has 0 radical (unpaired) electrons. The highest BCUT2D eigenvalue weighted by Crippen LogP contribution is 2.04. The van der Waals surface area contributed by atoms with E-state index in [0.29, 0.717) is 19.7 Å². The Hall–Kier alpha value is -1.42. The van der Waals surface area contributed by atoms with Crippen molar-refractivity contribution in [2.45, 2.75) is 33.7 Å². The standard InChI is InChI=1S/C14H22N2O2/c1-4-9-18-11-14(17)16(5-2)10-13-8-6-7-12(3)15-13/h6-8H,4-5,9-11H2,1-3H3. The first-order valence-corrected chi connectivity index (χ1v) is 6.45. The van der Waals surface area contributed by atoms with Crippen molar-refractivity contribution in [2.24, 2.45) is 0 Å². The summed E-state index contributed by atoms with van der Waals surface area (Å²) in [6.45, 7) is 7.95. The number of ether oxygens (including phenoxy) is 1. The molecule has 1 heterocycles. The third-order valence-electron chi connectivity index (χ3n) is 2.61. The van der Waals surface area contributed by atoms with E-state index in [1.165, 1.54) is 0 Å². The van der Waals surface area contributed by atoms with Crippen molar-refractivity contribution < 1.29 is 9.53 Å². The second-order valence-electron chi connectivity index (χ2n) is 4.23. The van der Waals surface area contributed by atoms with Gasteiger partial charge in [-0.05, 0) is 32.4 Å². The van der Waals surface area contributed by atoms with Crippen LogP contribution in [0.5, 0.6) is 0 Å². The number of likely N-dealkylation sites (N-methyl/N-ethyl adjacent to an activating group) is 1. The van der Waals surface area contributed by atoms with Gasteiger partial charge in [-0.25, -0.2) is 0 Å². The maximum atomic E-state index is 11.9. The lowest BCUT2D eigenvalue weighted by molar-refractivity contribution is -0.136. The third kappa shape index (κ3) is 4.84. The Morgan fingerprint density at radius 1 is 1.39 bits per heavy atom. The molecule has 0 saturated carbocycles. The van der Waals surface area contributed by atoms with Crippen LogP contribution in [0.3, 0.4) is 0 Å². The van der Waals surface area contributed by atoms with Gasteiger partial charge in [0.2, 0.25) is 5.91 Å². The molecule has 0 aliphatic carbocycles. The Bertz CT molecular complexity index is 380. The van der Waals surface area contributed by atoms with Crippen LogP contribution in [-0.2, 0) is 16.1 Å². The summed E-state index contributed by atoms with van der Waals surface area (Å²) in [5.74, 6) is 0.0225. The molecular formula is C14H22N2O2. The number of hydrogen-bond donors (Lipinski definition) is 0. The van der Waals surface area contributed by atoms with Crippen LogP contribution in [0.25, 0.3) is 0 Å². The van der Waals surface area contributed by atoms with E-state index in [-0.39, 0.29) is 12.5 Å². The van der Waals surface area contributed by atoms with Gasteiger partial charge in [-0.1, -0.05) is 13.0 Å². The van der Waals surface area contributed by atoms with Crippen molar-refractivity contribution in [3.63, 3.8) is 0 Å². The van der Waals surface area contributed by atoms with Crippen LogP contribution in [-0.4, -0.2) is 35.5 Å². The smallest absolute Gasteiger partial charge is 0.248 e. The molecule has 4 nitrogen and oxygen atoms in total. The Morgan fingerprint density at radius 2 is 2.17 bits per heavy atom. The molecule has 0 unspecified atom stereocenters. The zero-order valence-corrected chi connectivity index (χ0v) is 11.5. The lowest BCUT2D eigenvalue weighted by atomic mass is 10.3. The van der Waals surface area contributed by atoms with Crippen molar-refractivity contribution in [1.82, 2.24) is 9.88 Å². The molecule has 4 heteroatoms. The monoisotopic (exact) mass is 250 g/mol. The summed E-state index contributed by atoms with van der Waals surface area (Å²) >= 11 is 0. The third-order valence-corrected chi connectivity index (χ3v) is 2.61. The molecule has 1 aromatic rings. The minimum Gasteiger partial charge on any atom is -0.372 e. The van der Waals surface area contributed by atoms with Crippen LogP contribution >= 0.6 is 0 Å². The van der Waals surface area contributed by atoms with Gasteiger partial charge in [0.1, 0.15) is 6.61 Å². The summed E-state index contributed by atoms with van der Waals surface area (Å²) in [7, 11) is 0. The average molecular weight is 250 g/mol. The first kappa shape index (κ1) is 14.6. The summed E-state index contributed by atoms with van der Waals surface area (Å²) in [6, 6.07) is 5.85. The average Bonchev–Trinajstić information content (AvgIpc) is 2.36. The number of amides is 1. The highest BCUT2D eigenvalue weighted by Gasteiger charge is 2.12. The van der Waals surface area contributed by atoms with Gasteiger partial charge in [0.25, 0.3) is 0 Å². The number of hydrogen-bond acceptors (Lipinski definition) is 3. The maximum Gasteiger partial charge on any atom is 0.248 e. The molecule has 0 fully saturated rings. The van der Waals surface area contributed by atoms with Gasteiger partial charge in [0.05, 0.1) is 12.2 Å². The molecule has 0 aliphatic rings. The van der Waals surface area contributed by atoms with Gasteiger partial charge in [-0.15, -0.1) is 0 Å². The molecule has 0 atom stereocenters. The van der Waals surface area contributed by atoms with Crippen LogP contribution < -0.4 is 0 Å². The van der Waals surface area contributed by atoms with Crippen LogP contribution in [0, 0.1) is 6.92 Å². The summed E-state index contributed by atoms with van der Waals surface area (Å²) in [6.07, 6.45) is 0.929. The number of nitrogens with zero attached hydrogens (tertiary/aromatic N) is 2. The Kier molecular flexibility index (Phi) is 6.36. The molecule has 1 rings (SSSR count). The minimum absolute atomic E-state index is 0.0225. The lowest BCUT2D eigenvalue weighted by Gasteiger charge is -2.20. The predicted octanol–water partition coefficient (Wildman–Crippen LogP) is 2.17. The molecule has 0 aromatic carbocycles. The predicted molar refractivity (Wildman–Crippen MR) is 71.2 cm³/mol. The number of rotatable bonds is 7. The van der Waals surface area contributed by atoms with E-state index in [9.17, 15) is 4.79 Å². The molecular weight excluding hydrogens is 228 g/mol. The second-order valence-corrected chi connectivity index (χ2v) is 4.23. The summed E-state index contributed by atoms with van der Waals surface area (Å²) in [4.78, 5) is 18.1.